The summed E-state index contributed by atoms with van der Waals surface area (Å²) in [7, 11) is 0. The van der Waals surface area contributed by atoms with Gasteiger partial charge in [0, 0.05) is 12.7 Å². The Morgan fingerprint density at radius 1 is 1.45 bits per heavy atom. The van der Waals surface area contributed by atoms with Crippen LogP contribution in [0.15, 0.2) is 24.7 Å². The van der Waals surface area contributed by atoms with Crippen molar-refractivity contribution in [3.63, 3.8) is 0 Å². The minimum absolute atomic E-state index is 0.129. The predicted octanol–water partition coefficient (Wildman–Crippen LogP) is 1.28. The van der Waals surface area contributed by atoms with E-state index in [1.54, 1.807) is 10.9 Å². The van der Waals surface area contributed by atoms with Crippen molar-refractivity contribution in [3.05, 3.63) is 40.5 Å². The van der Waals surface area contributed by atoms with Crippen LogP contribution in [0.1, 0.15) is 32.0 Å². The van der Waals surface area contributed by atoms with Crippen LogP contribution in [0, 0.1) is 10.1 Å². The molecule has 2 heterocycles. The molecule has 1 amide bonds. The molecule has 0 aliphatic carbocycles. The van der Waals surface area contributed by atoms with Crippen molar-refractivity contribution in [1.82, 2.24) is 24.9 Å². The van der Waals surface area contributed by atoms with Gasteiger partial charge in [0.25, 0.3) is 0 Å². The summed E-state index contributed by atoms with van der Waals surface area (Å²) in [5, 5.41) is 21.5. The normalized spacial score (nSPS) is 12.1. The molecule has 9 nitrogen and oxygen atoms in total. The predicted molar refractivity (Wildman–Crippen MR) is 78.0 cm³/mol. The van der Waals surface area contributed by atoms with Crippen molar-refractivity contribution in [2.24, 2.45) is 0 Å². The summed E-state index contributed by atoms with van der Waals surface area (Å²) >= 11 is 0. The maximum Gasteiger partial charge on any atom is 0.307 e. The second kappa shape index (κ2) is 6.83. The molecule has 0 fully saturated rings. The SMILES string of the molecule is CCC(C(=O)NCc1ccnn1CC)n1cc([N+](=O)[O-])cn1. The molecule has 1 unspecified atom stereocenters. The number of hydrogen-bond acceptors (Lipinski definition) is 5. The van der Waals surface area contributed by atoms with Crippen LogP contribution in [-0.4, -0.2) is 30.4 Å². The van der Waals surface area contributed by atoms with Crippen LogP contribution >= 0.6 is 0 Å². The Kier molecular flexibility index (Phi) is 4.87. The minimum Gasteiger partial charge on any atom is -0.349 e. The zero-order valence-electron chi connectivity index (χ0n) is 12.5. The van der Waals surface area contributed by atoms with Gasteiger partial charge in [-0.15, -0.1) is 0 Å². The van der Waals surface area contributed by atoms with E-state index < -0.39 is 11.0 Å². The first kappa shape index (κ1) is 15.7. The van der Waals surface area contributed by atoms with Gasteiger partial charge in [0.2, 0.25) is 5.91 Å². The van der Waals surface area contributed by atoms with Gasteiger partial charge >= 0.3 is 5.69 Å². The third-order valence-electron chi connectivity index (χ3n) is 3.36. The van der Waals surface area contributed by atoms with Crippen molar-refractivity contribution >= 4 is 11.6 Å². The van der Waals surface area contributed by atoms with Crippen LogP contribution in [-0.2, 0) is 17.9 Å². The molecule has 0 saturated carbocycles. The molecule has 1 atom stereocenters. The summed E-state index contributed by atoms with van der Waals surface area (Å²) in [5.74, 6) is -0.232. The van der Waals surface area contributed by atoms with Crippen LogP contribution in [0.25, 0.3) is 0 Å². The number of nitrogens with one attached hydrogen (secondary N) is 1. The van der Waals surface area contributed by atoms with Gasteiger partial charge in [-0.1, -0.05) is 6.92 Å². The van der Waals surface area contributed by atoms with Gasteiger partial charge in [-0.05, 0) is 19.4 Å². The highest BCUT2D eigenvalue weighted by Gasteiger charge is 2.21. The van der Waals surface area contributed by atoms with Crippen molar-refractivity contribution in [2.45, 2.75) is 39.4 Å². The minimum atomic E-state index is -0.577. The highest BCUT2D eigenvalue weighted by Crippen LogP contribution is 2.16. The van der Waals surface area contributed by atoms with E-state index in [1.165, 1.54) is 10.9 Å². The molecule has 0 bridgehead atoms. The van der Waals surface area contributed by atoms with E-state index in [-0.39, 0.29) is 11.6 Å². The maximum atomic E-state index is 12.3. The van der Waals surface area contributed by atoms with Gasteiger partial charge < -0.3 is 5.32 Å². The molecular weight excluding hydrogens is 288 g/mol. The Balaban J connectivity index is 2.03. The van der Waals surface area contributed by atoms with Gasteiger partial charge in [0.1, 0.15) is 18.4 Å². The van der Waals surface area contributed by atoms with E-state index >= 15 is 0 Å². The van der Waals surface area contributed by atoms with Gasteiger partial charge in [-0.3, -0.25) is 24.3 Å². The highest BCUT2D eigenvalue weighted by atomic mass is 16.6. The number of rotatable bonds is 7. The lowest BCUT2D eigenvalue weighted by molar-refractivity contribution is -0.385. The lowest BCUT2D eigenvalue weighted by Crippen LogP contribution is -2.32. The molecule has 2 rings (SSSR count). The zero-order valence-corrected chi connectivity index (χ0v) is 12.5. The number of nitro groups is 1. The quantitative estimate of drug-likeness (QED) is 0.612. The van der Waals surface area contributed by atoms with Crippen molar-refractivity contribution in [3.8, 4) is 0 Å². The lowest BCUT2D eigenvalue weighted by Gasteiger charge is -2.15. The number of hydrogen-bond donors (Lipinski definition) is 1. The second-order valence-electron chi connectivity index (χ2n) is 4.72. The fraction of sp³-hybridized carbons (Fsp3) is 0.462. The Hall–Kier alpha value is -2.71. The van der Waals surface area contributed by atoms with E-state index in [0.29, 0.717) is 13.0 Å². The molecule has 1 N–H and O–H groups in total. The second-order valence-corrected chi connectivity index (χ2v) is 4.72. The Morgan fingerprint density at radius 2 is 2.23 bits per heavy atom. The Labute approximate surface area is 127 Å². The summed E-state index contributed by atoms with van der Waals surface area (Å²) in [5.41, 5.74) is 0.771. The summed E-state index contributed by atoms with van der Waals surface area (Å²) in [6.45, 7) is 4.87. The Morgan fingerprint density at radius 3 is 2.82 bits per heavy atom. The monoisotopic (exact) mass is 306 g/mol. The molecule has 118 valence electrons. The van der Waals surface area contributed by atoms with E-state index in [2.05, 4.69) is 15.5 Å². The first-order valence-corrected chi connectivity index (χ1v) is 7.03. The van der Waals surface area contributed by atoms with Crippen molar-refractivity contribution in [2.75, 3.05) is 0 Å². The number of carbonyl (C=O) groups excluding carboxylic acids is 1. The maximum absolute atomic E-state index is 12.3. The molecule has 2 aromatic rings. The van der Waals surface area contributed by atoms with E-state index in [0.717, 1.165) is 18.4 Å². The van der Waals surface area contributed by atoms with Crippen LogP contribution in [0.5, 0.6) is 0 Å². The van der Waals surface area contributed by atoms with E-state index in [1.807, 2.05) is 19.9 Å². The van der Waals surface area contributed by atoms with Crippen LogP contribution in [0.4, 0.5) is 5.69 Å². The summed E-state index contributed by atoms with van der Waals surface area (Å²) in [6, 6.07) is 1.26. The first-order valence-electron chi connectivity index (χ1n) is 7.03. The fourth-order valence-electron chi connectivity index (χ4n) is 2.18. The van der Waals surface area contributed by atoms with Crippen molar-refractivity contribution in [1.29, 1.82) is 0 Å². The van der Waals surface area contributed by atoms with Gasteiger partial charge in [-0.25, -0.2) is 0 Å². The summed E-state index contributed by atoms with van der Waals surface area (Å²) in [4.78, 5) is 22.4. The molecule has 0 radical (unpaired) electrons. The van der Waals surface area contributed by atoms with Gasteiger partial charge in [-0.2, -0.15) is 10.2 Å². The molecule has 9 heteroatoms. The lowest BCUT2D eigenvalue weighted by atomic mass is 10.2. The highest BCUT2D eigenvalue weighted by molar-refractivity contribution is 5.80. The smallest absolute Gasteiger partial charge is 0.307 e. The topological polar surface area (TPSA) is 108 Å². The van der Waals surface area contributed by atoms with Gasteiger partial charge in [0.15, 0.2) is 0 Å². The number of carbonyl (C=O) groups is 1. The molecule has 0 aromatic carbocycles. The van der Waals surface area contributed by atoms with Crippen LogP contribution < -0.4 is 5.32 Å². The van der Waals surface area contributed by atoms with Crippen LogP contribution in [0.2, 0.25) is 0 Å². The number of nitrogens with zero attached hydrogens (tertiary/aromatic N) is 5. The molecule has 22 heavy (non-hydrogen) atoms. The zero-order chi connectivity index (χ0) is 16.1. The average molecular weight is 306 g/mol. The molecule has 0 aliphatic rings. The Bertz CT molecular complexity index is 662. The average Bonchev–Trinajstić information content (AvgIpc) is 3.14. The number of aryl methyl sites for hydroxylation is 1. The standard InChI is InChI=1S/C13H18N6O3/c1-3-12(18-9-11(8-16-18)19(21)22)13(20)14-7-10-5-6-15-17(10)4-2/h5-6,8-9,12H,3-4,7H2,1-2H3,(H,14,20). The summed E-state index contributed by atoms with van der Waals surface area (Å²) in [6.07, 6.45) is 4.57. The largest absolute Gasteiger partial charge is 0.349 e. The molecular formula is C13H18N6O3. The fourth-order valence-corrected chi connectivity index (χ4v) is 2.18. The number of amides is 1. The van der Waals surface area contributed by atoms with Crippen LogP contribution in [0.3, 0.4) is 0 Å². The first-order chi connectivity index (χ1) is 10.6. The molecule has 0 aliphatic heterocycles. The molecule has 2 aromatic heterocycles. The third kappa shape index (κ3) is 3.30. The van der Waals surface area contributed by atoms with Gasteiger partial charge in [0.05, 0.1) is 17.2 Å². The van der Waals surface area contributed by atoms with E-state index in [9.17, 15) is 14.9 Å². The molecule has 0 saturated heterocycles. The number of aromatic nitrogens is 4. The third-order valence-corrected chi connectivity index (χ3v) is 3.36. The van der Waals surface area contributed by atoms with E-state index in [4.69, 9.17) is 0 Å². The summed E-state index contributed by atoms with van der Waals surface area (Å²) < 4.78 is 3.12. The molecule has 0 spiro atoms. The van der Waals surface area contributed by atoms with Crippen molar-refractivity contribution < 1.29 is 9.72 Å².